The maximum Gasteiger partial charge on any atom is 0.220 e. The molecule has 0 aromatic carbocycles. The number of ether oxygens (including phenoxy) is 1. The highest BCUT2D eigenvalue weighted by Crippen LogP contribution is 2.20. The van der Waals surface area contributed by atoms with Crippen molar-refractivity contribution in [3.63, 3.8) is 0 Å². The largest absolute Gasteiger partial charge is 0.490 e. The summed E-state index contributed by atoms with van der Waals surface area (Å²) in [7, 11) is 0. The summed E-state index contributed by atoms with van der Waals surface area (Å²) in [5.41, 5.74) is 7.13. The third kappa shape index (κ3) is 2.58. The number of nitrogens with two attached hydrogens (primary N) is 1. The van der Waals surface area contributed by atoms with Crippen LogP contribution in [0.25, 0.3) is 0 Å². The molecular weight excluding hydrogens is 178 g/mol. The lowest BCUT2D eigenvalue weighted by Gasteiger charge is -2.10. The lowest BCUT2D eigenvalue weighted by atomic mass is 10.3. The predicted molar refractivity (Wildman–Crippen MR) is 56.3 cm³/mol. The second-order valence-corrected chi connectivity index (χ2v) is 3.28. The van der Waals surface area contributed by atoms with Crippen molar-refractivity contribution in [3.05, 3.63) is 11.4 Å². The molecule has 14 heavy (non-hydrogen) atoms. The zero-order valence-corrected chi connectivity index (χ0v) is 9.00. The van der Waals surface area contributed by atoms with E-state index in [1.165, 1.54) is 0 Å². The third-order valence-electron chi connectivity index (χ3n) is 1.97. The van der Waals surface area contributed by atoms with Gasteiger partial charge in [0.05, 0.1) is 18.0 Å². The van der Waals surface area contributed by atoms with Crippen LogP contribution in [-0.2, 0) is 0 Å². The SMILES string of the molecule is CCCCOc1c(C)nc(N)nc1C. The smallest absolute Gasteiger partial charge is 0.220 e. The number of nitrogen functional groups attached to an aromatic ring is 1. The van der Waals surface area contributed by atoms with Crippen LogP contribution in [0, 0.1) is 13.8 Å². The Morgan fingerprint density at radius 1 is 1.21 bits per heavy atom. The van der Waals surface area contributed by atoms with Gasteiger partial charge < -0.3 is 10.5 Å². The molecule has 0 unspecified atom stereocenters. The number of unbranched alkanes of at least 4 members (excludes halogenated alkanes) is 1. The van der Waals surface area contributed by atoms with Crippen molar-refractivity contribution in [1.82, 2.24) is 9.97 Å². The average Bonchev–Trinajstić information content (AvgIpc) is 2.09. The van der Waals surface area contributed by atoms with Crippen molar-refractivity contribution in [3.8, 4) is 5.75 Å². The summed E-state index contributed by atoms with van der Waals surface area (Å²) < 4.78 is 5.58. The third-order valence-corrected chi connectivity index (χ3v) is 1.97. The Balaban J connectivity index is 2.75. The quantitative estimate of drug-likeness (QED) is 0.745. The van der Waals surface area contributed by atoms with Gasteiger partial charge in [-0.2, -0.15) is 0 Å². The summed E-state index contributed by atoms with van der Waals surface area (Å²) in [6, 6.07) is 0. The van der Waals surface area contributed by atoms with Gasteiger partial charge in [0.1, 0.15) is 0 Å². The van der Waals surface area contributed by atoms with Crippen LogP contribution in [-0.4, -0.2) is 16.6 Å². The first-order chi connectivity index (χ1) is 6.65. The van der Waals surface area contributed by atoms with Gasteiger partial charge in [-0.05, 0) is 20.3 Å². The molecule has 1 heterocycles. The molecule has 0 bridgehead atoms. The molecule has 0 saturated carbocycles. The van der Waals surface area contributed by atoms with E-state index in [0.717, 1.165) is 30.0 Å². The van der Waals surface area contributed by atoms with Crippen LogP contribution in [0.15, 0.2) is 0 Å². The number of aryl methyl sites for hydroxylation is 2. The summed E-state index contributed by atoms with van der Waals surface area (Å²) >= 11 is 0. The molecule has 0 radical (unpaired) electrons. The molecule has 0 amide bonds. The number of aromatic nitrogens is 2. The van der Waals surface area contributed by atoms with E-state index in [1.54, 1.807) is 0 Å². The van der Waals surface area contributed by atoms with Gasteiger partial charge in [-0.15, -0.1) is 0 Å². The number of anilines is 1. The fourth-order valence-electron chi connectivity index (χ4n) is 1.26. The average molecular weight is 195 g/mol. The lowest BCUT2D eigenvalue weighted by molar-refractivity contribution is 0.302. The normalized spacial score (nSPS) is 10.2. The van der Waals surface area contributed by atoms with Gasteiger partial charge in [-0.1, -0.05) is 13.3 Å². The highest BCUT2D eigenvalue weighted by atomic mass is 16.5. The van der Waals surface area contributed by atoms with E-state index >= 15 is 0 Å². The molecule has 78 valence electrons. The molecule has 0 aliphatic rings. The second-order valence-electron chi connectivity index (χ2n) is 3.28. The summed E-state index contributed by atoms with van der Waals surface area (Å²) in [6.07, 6.45) is 2.16. The van der Waals surface area contributed by atoms with Gasteiger partial charge in [0.2, 0.25) is 5.95 Å². The van der Waals surface area contributed by atoms with Crippen molar-refractivity contribution in [2.24, 2.45) is 0 Å². The molecule has 1 aromatic rings. The molecule has 0 saturated heterocycles. The Morgan fingerprint density at radius 3 is 2.29 bits per heavy atom. The van der Waals surface area contributed by atoms with Crippen LogP contribution in [0.2, 0.25) is 0 Å². The van der Waals surface area contributed by atoms with Gasteiger partial charge in [-0.3, -0.25) is 0 Å². The Hall–Kier alpha value is -1.32. The van der Waals surface area contributed by atoms with Gasteiger partial charge in [0.15, 0.2) is 5.75 Å². The first-order valence-electron chi connectivity index (χ1n) is 4.88. The number of rotatable bonds is 4. The Labute approximate surface area is 84.5 Å². The van der Waals surface area contributed by atoms with E-state index in [0.29, 0.717) is 12.6 Å². The Kier molecular flexibility index (Phi) is 3.68. The van der Waals surface area contributed by atoms with Crippen molar-refractivity contribution >= 4 is 5.95 Å². The number of hydrogen-bond acceptors (Lipinski definition) is 4. The molecule has 4 nitrogen and oxygen atoms in total. The highest BCUT2D eigenvalue weighted by Gasteiger charge is 2.07. The molecule has 1 aromatic heterocycles. The lowest BCUT2D eigenvalue weighted by Crippen LogP contribution is -2.05. The monoisotopic (exact) mass is 195 g/mol. The summed E-state index contributed by atoms with van der Waals surface area (Å²) in [6.45, 7) is 6.60. The summed E-state index contributed by atoms with van der Waals surface area (Å²) in [4.78, 5) is 8.11. The van der Waals surface area contributed by atoms with Crippen molar-refractivity contribution in [2.45, 2.75) is 33.6 Å². The van der Waals surface area contributed by atoms with Gasteiger partial charge >= 0.3 is 0 Å². The van der Waals surface area contributed by atoms with Crippen molar-refractivity contribution in [1.29, 1.82) is 0 Å². The van der Waals surface area contributed by atoms with E-state index in [4.69, 9.17) is 10.5 Å². The standard InChI is InChI=1S/C10H17N3O/c1-4-5-6-14-9-7(2)12-10(11)13-8(9)3/h4-6H2,1-3H3,(H2,11,12,13). The Bertz CT molecular complexity index is 289. The molecule has 0 spiro atoms. The number of hydrogen-bond donors (Lipinski definition) is 1. The second kappa shape index (κ2) is 4.79. The van der Waals surface area contributed by atoms with Crippen LogP contribution in [0.1, 0.15) is 31.2 Å². The van der Waals surface area contributed by atoms with Crippen LogP contribution < -0.4 is 10.5 Å². The molecule has 0 aliphatic carbocycles. The molecule has 1 rings (SSSR count). The van der Waals surface area contributed by atoms with Crippen LogP contribution >= 0.6 is 0 Å². The maximum atomic E-state index is 5.58. The van der Waals surface area contributed by atoms with Gasteiger partial charge in [0, 0.05) is 0 Å². The minimum absolute atomic E-state index is 0.308. The minimum Gasteiger partial charge on any atom is -0.490 e. The van der Waals surface area contributed by atoms with Gasteiger partial charge in [0.25, 0.3) is 0 Å². The zero-order chi connectivity index (χ0) is 10.6. The Morgan fingerprint density at radius 2 is 1.79 bits per heavy atom. The molecule has 0 atom stereocenters. The first kappa shape index (κ1) is 10.8. The van der Waals surface area contributed by atoms with Crippen LogP contribution in [0.4, 0.5) is 5.95 Å². The summed E-state index contributed by atoms with van der Waals surface area (Å²) in [5.74, 6) is 1.08. The van der Waals surface area contributed by atoms with E-state index in [1.807, 2.05) is 13.8 Å². The van der Waals surface area contributed by atoms with Crippen LogP contribution in [0.3, 0.4) is 0 Å². The van der Waals surface area contributed by atoms with Crippen molar-refractivity contribution in [2.75, 3.05) is 12.3 Å². The predicted octanol–water partition coefficient (Wildman–Crippen LogP) is 1.85. The van der Waals surface area contributed by atoms with E-state index in [9.17, 15) is 0 Å². The molecule has 4 heteroatoms. The van der Waals surface area contributed by atoms with Crippen molar-refractivity contribution < 1.29 is 4.74 Å². The molecule has 2 N–H and O–H groups in total. The molecular formula is C10H17N3O. The minimum atomic E-state index is 0.308. The fourth-order valence-corrected chi connectivity index (χ4v) is 1.26. The fraction of sp³-hybridized carbons (Fsp3) is 0.600. The van der Waals surface area contributed by atoms with Crippen LogP contribution in [0.5, 0.6) is 5.75 Å². The molecule has 0 aliphatic heterocycles. The zero-order valence-electron chi connectivity index (χ0n) is 9.00. The maximum absolute atomic E-state index is 5.58. The molecule has 0 fully saturated rings. The van der Waals surface area contributed by atoms with E-state index in [-0.39, 0.29) is 0 Å². The number of nitrogens with zero attached hydrogens (tertiary/aromatic N) is 2. The van der Waals surface area contributed by atoms with Gasteiger partial charge in [-0.25, -0.2) is 9.97 Å². The topological polar surface area (TPSA) is 61.0 Å². The summed E-state index contributed by atoms with van der Waals surface area (Å²) in [5, 5.41) is 0. The first-order valence-corrected chi connectivity index (χ1v) is 4.88. The van der Waals surface area contributed by atoms with E-state index < -0.39 is 0 Å². The highest BCUT2D eigenvalue weighted by molar-refractivity contribution is 5.35. The van der Waals surface area contributed by atoms with E-state index in [2.05, 4.69) is 16.9 Å².